The molecule has 0 aromatic heterocycles. The molecule has 11 nitrogen and oxygen atoms in total. The number of fused-ring (bicyclic) bond motifs is 2. The third-order valence-corrected chi connectivity index (χ3v) is 5.99. The zero-order chi connectivity index (χ0) is 27.9. The molecule has 0 fully saturated rings. The van der Waals surface area contributed by atoms with E-state index in [0.717, 1.165) is 32.4 Å². The minimum Gasteiger partial charge on any atom is -0.484 e. The Bertz CT molecular complexity index is 923. The second-order valence-corrected chi connectivity index (χ2v) is 10.0. The lowest BCUT2D eigenvalue weighted by Crippen LogP contribution is -2.57. The van der Waals surface area contributed by atoms with Crippen LogP contribution in [0.5, 0.6) is 5.75 Å². The van der Waals surface area contributed by atoms with E-state index in [-0.39, 0.29) is 30.8 Å². The van der Waals surface area contributed by atoms with Crippen LogP contribution in [0.3, 0.4) is 0 Å². The van der Waals surface area contributed by atoms with Crippen molar-refractivity contribution < 1.29 is 29.0 Å². The van der Waals surface area contributed by atoms with Crippen molar-refractivity contribution in [3.63, 3.8) is 0 Å². The summed E-state index contributed by atoms with van der Waals surface area (Å²) in [6, 6.07) is 4.86. The predicted molar refractivity (Wildman–Crippen MR) is 143 cm³/mol. The highest BCUT2D eigenvalue weighted by molar-refractivity contribution is 5.92. The van der Waals surface area contributed by atoms with E-state index >= 15 is 0 Å². The van der Waals surface area contributed by atoms with Gasteiger partial charge in [0.15, 0.2) is 6.61 Å². The fourth-order valence-electron chi connectivity index (χ4n) is 4.00. The van der Waals surface area contributed by atoms with Crippen LogP contribution in [-0.2, 0) is 25.6 Å². The molecule has 1 aliphatic heterocycles. The SMILES string of the molecule is CC(C)C[C@H]1NC(=O)Cc2cccc(c2)OCC(=O)NCCCNCCCCNC(=O)[C@H]([C@@H](C)O)NC1=O. The van der Waals surface area contributed by atoms with Gasteiger partial charge in [-0.3, -0.25) is 19.2 Å². The number of benzene rings is 1. The summed E-state index contributed by atoms with van der Waals surface area (Å²) in [5.41, 5.74) is 0.658. The molecule has 2 bridgehead atoms. The molecule has 6 N–H and O–H groups in total. The van der Waals surface area contributed by atoms with Gasteiger partial charge in [-0.1, -0.05) is 26.0 Å². The molecule has 0 aliphatic carbocycles. The highest BCUT2D eigenvalue weighted by Crippen LogP contribution is 2.14. The smallest absolute Gasteiger partial charge is 0.257 e. The first-order chi connectivity index (χ1) is 18.2. The molecule has 1 aliphatic rings. The second kappa shape index (κ2) is 16.6. The predicted octanol–water partition coefficient (Wildman–Crippen LogP) is 0.0103. The molecule has 3 atom stereocenters. The average molecular weight is 534 g/mol. The summed E-state index contributed by atoms with van der Waals surface area (Å²) in [6.45, 7) is 7.59. The Morgan fingerprint density at radius 3 is 2.34 bits per heavy atom. The van der Waals surface area contributed by atoms with Crippen molar-refractivity contribution in [2.24, 2.45) is 5.92 Å². The number of ether oxygens (including phenoxy) is 1. The Balaban J connectivity index is 2.14. The van der Waals surface area contributed by atoms with Gasteiger partial charge in [-0.2, -0.15) is 0 Å². The van der Waals surface area contributed by atoms with Gasteiger partial charge in [-0.05, 0) is 69.3 Å². The van der Waals surface area contributed by atoms with Crippen molar-refractivity contribution in [1.29, 1.82) is 0 Å². The Morgan fingerprint density at radius 1 is 0.895 bits per heavy atom. The zero-order valence-electron chi connectivity index (χ0n) is 22.7. The van der Waals surface area contributed by atoms with E-state index < -0.39 is 30.0 Å². The fraction of sp³-hybridized carbons (Fsp3) is 0.630. The maximum Gasteiger partial charge on any atom is 0.257 e. The second-order valence-electron chi connectivity index (χ2n) is 10.0. The quantitative estimate of drug-likeness (QED) is 0.319. The topological polar surface area (TPSA) is 158 Å². The molecular weight excluding hydrogens is 490 g/mol. The minimum absolute atomic E-state index is 0.00140. The van der Waals surface area contributed by atoms with Gasteiger partial charge in [0, 0.05) is 13.1 Å². The Labute approximate surface area is 224 Å². The van der Waals surface area contributed by atoms with Crippen LogP contribution >= 0.6 is 0 Å². The van der Waals surface area contributed by atoms with Gasteiger partial charge in [0.25, 0.3) is 5.91 Å². The summed E-state index contributed by atoms with van der Waals surface area (Å²) >= 11 is 0. The van der Waals surface area contributed by atoms with Crippen LogP contribution in [0.25, 0.3) is 0 Å². The van der Waals surface area contributed by atoms with Crippen LogP contribution in [0.2, 0.25) is 0 Å². The summed E-state index contributed by atoms with van der Waals surface area (Å²) in [5.74, 6) is -1.05. The monoisotopic (exact) mass is 533 g/mol. The maximum atomic E-state index is 13.1. The third kappa shape index (κ3) is 11.9. The fourth-order valence-corrected chi connectivity index (χ4v) is 4.00. The van der Waals surface area contributed by atoms with Crippen molar-refractivity contribution in [2.75, 3.05) is 32.8 Å². The Morgan fingerprint density at radius 2 is 1.61 bits per heavy atom. The van der Waals surface area contributed by atoms with E-state index in [2.05, 4.69) is 26.6 Å². The van der Waals surface area contributed by atoms with Crippen LogP contribution in [0.15, 0.2) is 24.3 Å². The first-order valence-electron chi connectivity index (χ1n) is 13.4. The largest absolute Gasteiger partial charge is 0.484 e. The molecule has 1 aromatic rings. The zero-order valence-corrected chi connectivity index (χ0v) is 22.7. The van der Waals surface area contributed by atoms with Crippen molar-refractivity contribution in [1.82, 2.24) is 26.6 Å². The molecular formula is C27H43N5O6. The number of nitrogens with one attached hydrogen (secondary N) is 5. The van der Waals surface area contributed by atoms with Crippen molar-refractivity contribution in [2.45, 2.75) is 71.1 Å². The van der Waals surface area contributed by atoms with Crippen LogP contribution in [0.1, 0.15) is 52.0 Å². The molecule has 0 radical (unpaired) electrons. The summed E-state index contributed by atoms with van der Waals surface area (Å²) in [5, 5.41) is 24.4. The summed E-state index contributed by atoms with van der Waals surface area (Å²) < 4.78 is 5.58. The normalized spacial score (nSPS) is 22.7. The molecule has 11 heteroatoms. The Hall–Kier alpha value is -3.18. The van der Waals surface area contributed by atoms with Gasteiger partial charge >= 0.3 is 0 Å². The third-order valence-electron chi connectivity index (χ3n) is 5.99. The number of aliphatic hydroxyl groups excluding tert-OH is 1. The molecule has 212 valence electrons. The lowest BCUT2D eigenvalue weighted by atomic mass is 10.0. The molecule has 0 saturated carbocycles. The standard InChI is InChI=1S/C27H43N5O6/c1-18(2)14-22-26(36)32-25(19(3)33)27(37)30-12-5-4-10-28-11-7-13-29-24(35)17-38-21-9-6-8-20(15-21)16-23(34)31-22/h6,8-9,15,18-19,22,25,28,33H,4-5,7,10-14,16-17H2,1-3H3,(H,29,35)(H,30,37)(H,31,34)(H,32,36)/t19-,22-,25+/m1/s1. The highest BCUT2D eigenvalue weighted by Gasteiger charge is 2.30. The average Bonchev–Trinajstić information content (AvgIpc) is 2.85. The lowest BCUT2D eigenvalue weighted by molar-refractivity contribution is -0.134. The molecule has 4 amide bonds. The number of hydrogen-bond acceptors (Lipinski definition) is 7. The van der Waals surface area contributed by atoms with Gasteiger partial charge < -0.3 is 36.4 Å². The molecule has 0 spiro atoms. The molecule has 2 rings (SSSR count). The van der Waals surface area contributed by atoms with Crippen LogP contribution in [0.4, 0.5) is 0 Å². The molecule has 1 heterocycles. The highest BCUT2D eigenvalue weighted by atomic mass is 16.5. The molecule has 38 heavy (non-hydrogen) atoms. The minimum atomic E-state index is -1.14. The van der Waals surface area contributed by atoms with Crippen molar-refractivity contribution in [3.05, 3.63) is 29.8 Å². The molecule has 0 unspecified atom stereocenters. The first kappa shape index (κ1) is 31.0. The summed E-state index contributed by atoms with van der Waals surface area (Å²) in [4.78, 5) is 50.7. The number of carbonyl (C=O) groups excluding carboxylic acids is 4. The van der Waals surface area contributed by atoms with Crippen LogP contribution < -0.4 is 31.3 Å². The van der Waals surface area contributed by atoms with Gasteiger partial charge in [0.2, 0.25) is 17.7 Å². The Kier molecular flexibility index (Phi) is 13.6. The van der Waals surface area contributed by atoms with Gasteiger partial charge in [0.1, 0.15) is 17.8 Å². The van der Waals surface area contributed by atoms with E-state index in [1.807, 2.05) is 13.8 Å². The van der Waals surface area contributed by atoms with E-state index in [1.54, 1.807) is 24.3 Å². The number of aliphatic hydroxyl groups is 1. The maximum absolute atomic E-state index is 13.1. The van der Waals surface area contributed by atoms with E-state index in [1.165, 1.54) is 6.92 Å². The van der Waals surface area contributed by atoms with Gasteiger partial charge in [-0.15, -0.1) is 0 Å². The van der Waals surface area contributed by atoms with Crippen molar-refractivity contribution in [3.8, 4) is 5.75 Å². The van der Waals surface area contributed by atoms with Gasteiger partial charge in [-0.25, -0.2) is 0 Å². The van der Waals surface area contributed by atoms with Crippen LogP contribution in [-0.4, -0.2) is 79.7 Å². The van der Waals surface area contributed by atoms with Crippen molar-refractivity contribution >= 4 is 23.6 Å². The first-order valence-corrected chi connectivity index (χ1v) is 13.4. The van der Waals surface area contributed by atoms with E-state index in [0.29, 0.717) is 30.8 Å². The lowest BCUT2D eigenvalue weighted by Gasteiger charge is -2.25. The number of rotatable bonds is 3. The van der Waals surface area contributed by atoms with Crippen LogP contribution in [0, 0.1) is 5.92 Å². The van der Waals surface area contributed by atoms with Gasteiger partial charge in [0.05, 0.1) is 12.5 Å². The molecule has 1 aromatic carbocycles. The summed E-state index contributed by atoms with van der Waals surface area (Å²) in [7, 11) is 0. The van der Waals surface area contributed by atoms with E-state index in [4.69, 9.17) is 4.74 Å². The molecule has 0 saturated heterocycles. The summed E-state index contributed by atoms with van der Waals surface area (Å²) in [6.07, 6.45) is 1.56. The number of amides is 4. The number of hydrogen-bond donors (Lipinski definition) is 6. The number of carbonyl (C=O) groups is 4. The van der Waals surface area contributed by atoms with E-state index in [9.17, 15) is 24.3 Å².